The topological polar surface area (TPSA) is 29.5 Å². The highest BCUT2D eigenvalue weighted by molar-refractivity contribution is 6.34. The van der Waals surface area contributed by atoms with E-state index in [1.807, 2.05) is 0 Å². The van der Waals surface area contributed by atoms with Gasteiger partial charge in [0.2, 0.25) is 0 Å². The number of amides is 1. The number of benzene rings is 2. The van der Waals surface area contributed by atoms with Crippen LogP contribution in [0.3, 0.4) is 0 Å². The van der Waals surface area contributed by atoms with Crippen molar-refractivity contribution in [3.05, 3.63) is 68.4 Å². The van der Waals surface area contributed by atoms with Crippen LogP contribution in [0.4, 0.5) is 4.39 Å². The first-order valence-corrected chi connectivity index (χ1v) is 8.39. The van der Waals surface area contributed by atoms with Crippen LogP contribution in [0.25, 0.3) is 0 Å². The normalized spacial score (nSPS) is 17.8. The summed E-state index contributed by atoms with van der Waals surface area (Å²) < 4.78 is 18.9. The van der Waals surface area contributed by atoms with Crippen LogP contribution in [0.15, 0.2) is 36.4 Å². The summed E-state index contributed by atoms with van der Waals surface area (Å²) in [5, 5.41) is 1.10. The summed E-state index contributed by atoms with van der Waals surface area (Å²) in [6.45, 7) is 1.14. The van der Waals surface area contributed by atoms with Gasteiger partial charge in [0.25, 0.3) is 5.91 Å². The molecule has 1 fully saturated rings. The second-order valence-electron chi connectivity index (χ2n) is 5.44. The molecule has 1 atom stereocenters. The van der Waals surface area contributed by atoms with Crippen molar-refractivity contribution in [2.45, 2.75) is 6.10 Å². The number of hydrogen-bond donors (Lipinski definition) is 0. The minimum Gasteiger partial charge on any atom is -0.370 e. The molecule has 3 rings (SSSR count). The molecule has 1 unspecified atom stereocenters. The monoisotopic (exact) mass is 387 g/mol. The zero-order valence-corrected chi connectivity index (χ0v) is 14.7. The van der Waals surface area contributed by atoms with E-state index in [-0.39, 0.29) is 22.6 Å². The third-order valence-corrected chi connectivity index (χ3v) is 4.52. The summed E-state index contributed by atoms with van der Waals surface area (Å²) in [5.41, 5.74) is 1.07. The van der Waals surface area contributed by atoms with Crippen molar-refractivity contribution in [1.82, 2.24) is 4.90 Å². The molecule has 0 spiro atoms. The predicted molar refractivity (Wildman–Crippen MR) is 92.5 cm³/mol. The van der Waals surface area contributed by atoms with E-state index in [4.69, 9.17) is 39.5 Å². The summed E-state index contributed by atoms with van der Waals surface area (Å²) in [6, 6.07) is 8.89. The third-order valence-electron chi connectivity index (χ3n) is 3.77. The number of ether oxygens (including phenoxy) is 1. The van der Waals surface area contributed by atoms with E-state index < -0.39 is 5.82 Å². The number of nitrogens with zero attached hydrogens (tertiary/aromatic N) is 1. The van der Waals surface area contributed by atoms with Crippen molar-refractivity contribution >= 4 is 40.7 Å². The van der Waals surface area contributed by atoms with Crippen LogP contribution in [0.5, 0.6) is 0 Å². The van der Waals surface area contributed by atoms with Crippen LogP contribution in [-0.2, 0) is 4.74 Å². The van der Waals surface area contributed by atoms with E-state index in [9.17, 15) is 9.18 Å². The number of carbonyl (C=O) groups excluding carboxylic acids is 1. The van der Waals surface area contributed by atoms with Crippen molar-refractivity contribution < 1.29 is 13.9 Å². The van der Waals surface area contributed by atoms with E-state index in [2.05, 4.69) is 0 Å². The van der Waals surface area contributed by atoms with E-state index in [1.54, 1.807) is 23.1 Å². The Hall–Kier alpha value is -1.33. The summed E-state index contributed by atoms with van der Waals surface area (Å²) >= 11 is 18.0. The van der Waals surface area contributed by atoms with E-state index >= 15 is 0 Å². The molecular weight excluding hydrogens is 376 g/mol. The van der Waals surface area contributed by atoms with Gasteiger partial charge in [-0.05, 0) is 42.0 Å². The largest absolute Gasteiger partial charge is 0.370 e. The lowest BCUT2D eigenvalue weighted by molar-refractivity contribution is -0.0228. The highest BCUT2D eigenvalue weighted by Crippen LogP contribution is 2.29. The first-order chi connectivity index (χ1) is 11.4. The Kier molecular flexibility index (Phi) is 5.30. The Morgan fingerprint density at radius 2 is 1.83 bits per heavy atom. The van der Waals surface area contributed by atoms with Gasteiger partial charge in [0.1, 0.15) is 11.9 Å². The molecule has 0 radical (unpaired) electrons. The second kappa shape index (κ2) is 7.28. The maximum Gasteiger partial charge on any atom is 0.255 e. The number of rotatable bonds is 2. The average Bonchev–Trinajstić information content (AvgIpc) is 2.53. The molecule has 3 nitrogen and oxygen atoms in total. The highest BCUT2D eigenvalue weighted by atomic mass is 35.5. The van der Waals surface area contributed by atoms with Gasteiger partial charge in [-0.1, -0.05) is 34.8 Å². The highest BCUT2D eigenvalue weighted by Gasteiger charge is 2.27. The molecule has 1 amide bonds. The lowest BCUT2D eigenvalue weighted by Gasteiger charge is -2.33. The molecule has 0 aliphatic carbocycles. The standard InChI is InChI=1S/C17H13Cl3FNO2/c18-11-5-10(6-12(19)7-11)16-9-22(3-4-24-16)17(23)14-2-1-13(21)8-15(14)20/h1-2,5-8,16H,3-4,9H2. The molecule has 0 saturated carbocycles. The van der Waals surface area contributed by atoms with Gasteiger partial charge in [-0.25, -0.2) is 4.39 Å². The van der Waals surface area contributed by atoms with Crippen LogP contribution < -0.4 is 0 Å². The first-order valence-electron chi connectivity index (χ1n) is 7.26. The fraction of sp³-hybridized carbons (Fsp3) is 0.235. The van der Waals surface area contributed by atoms with Gasteiger partial charge in [0.05, 0.1) is 23.7 Å². The minimum atomic E-state index is -0.482. The van der Waals surface area contributed by atoms with Gasteiger partial charge in [0, 0.05) is 16.6 Å². The third kappa shape index (κ3) is 3.83. The Morgan fingerprint density at radius 3 is 2.50 bits per heavy atom. The van der Waals surface area contributed by atoms with Gasteiger partial charge in [-0.2, -0.15) is 0 Å². The van der Waals surface area contributed by atoms with Crippen molar-refractivity contribution in [3.63, 3.8) is 0 Å². The molecule has 0 bridgehead atoms. The van der Waals surface area contributed by atoms with Gasteiger partial charge in [0.15, 0.2) is 0 Å². The average molecular weight is 389 g/mol. The summed E-state index contributed by atoms with van der Waals surface area (Å²) in [4.78, 5) is 14.3. The fourth-order valence-electron chi connectivity index (χ4n) is 2.63. The van der Waals surface area contributed by atoms with Gasteiger partial charge < -0.3 is 9.64 Å². The molecule has 2 aromatic rings. The SMILES string of the molecule is O=C(c1ccc(F)cc1Cl)N1CCOC(c2cc(Cl)cc(Cl)c2)C1. The van der Waals surface area contributed by atoms with Crippen molar-refractivity contribution in [2.24, 2.45) is 0 Å². The Labute approximate surface area is 153 Å². The number of morpholine rings is 1. The molecule has 24 heavy (non-hydrogen) atoms. The number of halogens is 4. The van der Waals surface area contributed by atoms with Crippen LogP contribution in [0.2, 0.25) is 15.1 Å². The molecule has 2 aromatic carbocycles. The van der Waals surface area contributed by atoms with Crippen molar-refractivity contribution in [1.29, 1.82) is 0 Å². The minimum absolute atomic E-state index is 0.0915. The molecule has 126 valence electrons. The lowest BCUT2D eigenvalue weighted by atomic mass is 10.1. The van der Waals surface area contributed by atoms with Crippen LogP contribution in [0.1, 0.15) is 22.0 Å². The molecule has 7 heteroatoms. The molecule has 1 saturated heterocycles. The first kappa shape index (κ1) is 17.5. The second-order valence-corrected chi connectivity index (χ2v) is 6.72. The molecule has 1 aliphatic heterocycles. The Balaban J connectivity index is 1.81. The molecule has 1 heterocycles. The molecule has 0 N–H and O–H groups in total. The smallest absolute Gasteiger partial charge is 0.255 e. The Bertz CT molecular complexity index is 764. The number of carbonyl (C=O) groups is 1. The van der Waals surface area contributed by atoms with Gasteiger partial charge >= 0.3 is 0 Å². The van der Waals surface area contributed by atoms with Gasteiger partial charge in [-0.3, -0.25) is 4.79 Å². The van der Waals surface area contributed by atoms with Gasteiger partial charge in [-0.15, -0.1) is 0 Å². The lowest BCUT2D eigenvalue weighted by Crippen LogP contribution is -2.42. The number of hydrogen-bond acceptors (Lipinski definition) is 2. The van der Waals surface area contributed by atoms with E-state index in [1.165, 1.54) is 12.1 Å². The zero-order chi connectivity index (χ0) is 17.3. The summed E-state index contributed by atoms with van der Waals surface area (Å²) in [6.07, 6.45) is -0.335. The molecular formula is C17H13Cl3FNO2. The van der Waals surface area contributed by atoms with Crippen LogP contribution >= 0.6 is 34.8 Å². The van der Waals surface area contributed by atoms with Crippen LogP contribution in [-0.4, -0.2) is 30.5 Å². The van der Waals surface area contributed by atoms with Crippen LogP contribution in [0, 0.1) is 5.82 Å². The molecule has 0 aromatic heterocycles. The summed E-state index contributed by atoms with van der Waals surface area (Å²) in [7, 11) is 0. The van der Waals surface area contributed by atoms with E-state index in [0.29, 0.717) is 29.7 Å². The summed E-state index contributed by atoms with van der Waals surface area (Å²) in [5.74, 6) is -0.744. The van der Waals surface area contributed by atoms with Crippen molar-refractivity contribution in [3.8, 4) is 0 Å². The Morgan fingerprint density at radius 1 is 1.12 bits per heavy atom. The quantitative estimate of drug-likeness (QED) is 0.724. The molecule has 1 aliphatic rings. The van der Waals surface area contributed by atoms with E-state index in [0.717, 1.165) is 11.6 Å². The zero-order valence-electron chi connectivity index (χ0n) is 12.4. The maximum atomic E-state index is 13.2. The maximum absolute atomic E-state index is 13.2. The predicted octanol–water partition coefficient (Wildman–Crippen LogP) is 5.00. The van der Waals surface area contributed by atoms with Crippen molar-refractivity contribution in [2.75, 3.05) is 19.7 Å². The fourth-order valence-corrected chi connectivity index (χ4v) is 3.42.